The smallest absolute Gasteiger partial charge is 0.179 e. The molecule has 0 aliphatic rings. The van der Waals surface area contributed by atoms with Gasteiger partial charge < -0.3 is 0 Å². The summed E-state index contributed by atoms with van der Waals surface area (Å²) in [6, 6.07) is 1.81. The van der Waals surface area contributed by atoms with Crippen LogP contribution >= 0.6 is 11.3 Å². The molecule has 1 aromatic rings. The van der Waals surface area contributed by atoms with Crippen molar-refractivity contribution in [3.05, 3.63) is 15.8 Å². The van der Waals surface area contributed by atoms with Gasteiger partial charge in [-0.1, -0.05) is 39.0 Å². The van der Waals surface area contributed by atoms with E-state index in [1.165, 1.54) is 19.3 Å². The molecule has 0 N–H and O–H groups in total. The quantitative estimate of drug-likeness (QED) is 0.660. The molecule has 0 spiro atoms. The molecule has 0 bridgehead atoms. The maximum absolute atomic E-state index is 12.2. The number of sulfone groups is 1. The summed E-state index contributed by atoms with van der Waals surface area (Å²) in [5, 5.41) is 0. The highest BCUT2D eigenvalue weighted by molar-refractivity contribution is 7.91. The highest BCUT2D eigenvalue weighted by Crippen LogP contribution is 2.26. The average molecular weight is 288 g/mol. The van der Waals surface area contributed by atoms with Gasteiger partial charge in [0.1, 0.15) is 0 Å². The Bertz CT molecular complexity index is 458. The van der Waals surface area contributed by atoms with Crippen molar-refractivity contribution in [2.75, 3.05) is 5.75 Å². The monoisotopic (exact) mass is 288 g/mol. The SMILES string of the molecule is CCCCCCCCS(=O)(=O)c1cc(C)sc1C. The fourth-order valence-electron chi connectivity index (χ4n) is 2.10. The van der Waals surface area contributed by atoms with Gasteiger partial charge >= 0.3 is 0 Å². The summed E-state index contributed by atoms with van der Waals surface area (Å²) in [4.78, 5) is 2.56. The summed E-state index contributed by atoms with van der Waals surface area (Å²) in [5.74, 6) is 0.302. The molecule has 4 heteroatoms. The third-order valence-corrected chi connectivity index (χ3v) is 6.11. The van der Waals surface area contributed by atoms with Crippen LogP contribution in [-0.2, 0) is 9.84 Å². The third kappa shape index (κ3) is 4.73. The summed E-state index contributed by atoms with van der Waals surface area (Å²) in [5.41, 5.74) is 0. The van der Waals surface area contributed by atoms with E-state index in [1.807, 2.05) is 19.9 Å². The van der Waals surface area contributed by atoms with E-state index >= 15 is 0 Å². The molecular weight excluding hydrogens is 264 g/mol. The van der Waals surface area contributed by atoms with Crippen molar-refractivity contribution in [1.82, 2.24) is 0 Å². The molecule has 0 aromatic carbocycles. The Hall–Kier alpha value is -0.350. The van der Waals surface area contributed by atoms with Gasteiger partial charge in [-0.05, 0) is 26.3 Å². The van der Waals surface area contributed by atoms with Gasteiger partial charge in [0, 0.05) is 9.75 Å². The van der Waals surface area contributed by atoms with Gasteiger partial charge in [-0.3, -0.25) is 0 Å². The number of hydrogen-bond acceptors (Lipinski definition) is 3. The van der Waals surface area contributed by atoms with E-state index in [0.29, 0.717) is 10.6 Å². The normalized spacial score (nSPS) is 11.9. The standard InChI is InChI=1S/C14H24O2S2/c1-4-5-6-7-8-9-10-18(15,16)14-11-12(2)17-13(14)3/h11H,4-10H2,1-3H3. The topological polar surface area (TPSA) is 34.1 Å². The van der Waals surface area contributed by atoms with E-state index in [0.717, 1.165) is 29.0 Å². The number of thiophene rings is 1. The molecule has 0 saturated heterocycles. The number of unbranched alkanes of at least 4 members (excludes halogenated alkanes) is 5. The molecule has 0 saturated carbocycles. The number of rotatable bonds is 8. The fourth-order valence-corrected chi connectivity index (χ4v) is 5.10. The van der Waals surface area contributed by atoms with Crippen LogP contribution in [-0.4, -0.2) is 14.2 Å². The first-order valence-corrected chi connectivity index (χ1v) is 9.24. The Balaban J connectivity index is 2.43. The minimum Gasteiger partial charge on any atom is -0.224 e. The number of aryl methyl sites for hydroxylation is 2. The lowest BCUT2D eigenvalue weighted by Crippen LogP contribution is -2.07. The van der Waals surface area contributed by atoms with Crippen LogP contribution in [0.25, 0.3) is 0 Å². The first kappa shape index (κ1) is 15.7. The van der Waals surface area contributed by atoms with Crippen molar-refractivity contribution in [3.8, 4) is 0 Å². The van der Waals surface area contributed by atoms with E-state index < -0.39 is 9.84 Å². The molecule has 18 heavy (non-hydrogen) atoms. The zero-order valence-electron chi connectivity index (χ0n) is 11.7. The van der Waals surface area contributed by atoms with Crippen molar-refractivity contribution >= 4 is 21.2 Å². The van der Waals surface area contributed by atoms with Crippen LogP contribution in [0.2, 0.25) is 0 Å². The Morgan fingerprint density at radius 1 is 1.06 bits per heavy atom. The predicted octanol–water partition coefficient (Wildman–Crippen LogP) is 4.50. The average Bonchev–Trinajstić information content (AvgIpc) is 2.63. The van der Waals surface area contributed by atoms with E-state index in [1.54, 1.807) is 11.3 Å². The van der Waals surface area contributed by atoms with E-state index in [-0.39, 0.29) is 0 Å². The minimum atomic E-state index is -3.05. The van der Waals surface area contributed by atoms with Crippen LogP contribution in [0.5, 0.6) is 0 Å². The van der Waals surface area contributed by atoms with Gasteiger partial charge in [0.25, 0.3) is 0 Å². The minimum absolute atomic E-state index is 0.302. The molecule has 1 aromatic heterocycles. The van der Waals surface area contributed by atoms with Crippen LogP contribution in [0, 0.1) is 13.8 Å². The Kier molecular flexibility index (Phi) is 6.36. The molecule has 0 unspecified atom stereocenters. The van der Waals surface area contributed by atoms with Gasteiger partial charge in [-0.15, -0.1) is 11.3 Å². The van der Waals surface area contributed by atoms with Gasteiger partial charge in [-0.2, -0.15) is 0 Å². The first-order chi connectivity index (χ1) is 8.47. The lowest BCUT2D eigenvalue weighted by Gasteiger charge is -2.03. The van der Waals surface area contributed by atoms with Crippen LogP contribution in [0.3, 0.4) is 0 Å². The molecule has 0 amide bonds. The van der Waals surface area contributed by atoms with E-state index in [9.17, 15) is 8.42 Å². The second kappa shape index (κ2) is 7.29. The Labute approximate surface area is 115 Å². The molecule has 0 fully saturated rings. The summed E-state index contributed by atoms with van der Waals surface area (Å²) in [6.07, 6.45) is 6.70. The molecule has 0 atom stereocenters. The molecule has 0 aliphatic carbocycles. The summed E-state index contributed by atoms with van der Waals surface area (Å²) < 4.78 is 24.3. The number of hydrogen-bond donors (Lipinski definition) is 0. The molecule has 104 valence electrons. The van der Waals surface area contributed by atoms with Gasteiger partial charge in [0.2, 0.25) is 0 Å². The molecule has 0 aliphatic heterocycles. The fraction of sp³-hybridized carbons (Fsp3) is 0.714. The van der Waals surface area contributed by atoms with Crippen LogP contribution in [0.4, 0.5) is 0 Å². The van der Waals surface area contributed by atoms with Crippen LogP contribution in [0.1, 0.15) is 55.2 Å². The highest BCUT2D eigenvalue weighted by atomic mass is 32.2. The van der Waals surface area contributed by atoms with E-state index in [4.69, 9.17) is 0 Å². The predicted molar refractivity (Wildman–Crippen MR) is 79.2 cm³/mol. The van der Waals surface area contributed by atoms with Crippen molar-refractivity contribution in [2.24, 2.45) is 0 Å². The van der Waals surface area contributed by atoms with Gasteiger partial charge in [-0.25, -0.2) is 8.42 Å². The molecule has 2 nitrogen and oxygen atoms in total. The maximum Gasteiger partial charge on any atom is 0.179 e. The zero-order chi connectivity index (χ0) is 13.6. The first-order valence-electron chi connectivity index (χ1n) is 6.77. The van der Waals surface area contributed by atoms with Crippen molar-refractivity contribution in [3.63, 3.8) is 0 Å². The summed E-state index contributed by atoms with van der Waals surface area (Å²) in [7, 11) is -3.05. The van der Waals surface area contributed by atoms with Crippen molar-refractivity contribution in [2.45, 2.75) is 64.2 Å². The molecule has 1 rings (SSSR count). The molecular formula is C14H24O2S2. The third-order valence-electron chi connectivity index (χ3n) is 3.10. The molecule has 0 radical (unpaired) electrons. The highest BCUT2D eigenvalue weighted by Gasteiger charge is 2.18. The lowest BCUT2D eigenvalue weighted by molar-refractivity contribution is 0.583. The Morgan fingerprint density at radius 2 is 1.67 bits per heavy atom. The second-order valence-corrected chi connectivity index (χ2v) is 8.40. The summed E-state index contributed by atoms with van der Waals surface area (Å²) >= 11 is 1.57. The van der Waals surface area contributed by atoms with Gasteiger partial charge in [0.05, 0.1) is 10.6 Å². The van der Waals surface area contributed by atoms with Crippen molar-refractivity contribution in [1.29, 1.82) is 0 Å². The largest absolute Gasteiger partial charge is 0.224 e. The Morgan fingerprint density at radius 3 is 2.22 bits per heavy atom. The van der Waals surface area contributed by atoms with Crippen LogP contribution < -0.4 is 0 Å². The maximum atomic E-state index is 12.2. The zero-order valence-corrected chi connectivity index (χ0v) is 13.3. The molecule has 1 heterocycles. The van der Waals surface area contributed by atoms with Gasteiger partial charge in [0.15, 0.2) is 9.84 Å². The van der Waals surface area contributed by atoms with Crippen molar-refractivity contribution < 1.29 is 8.42 Å². The lowest BCUT2D eigenvalue weighted by atomic mass is 10.1. The second-order valence-electron chi connectivity index (χ2n) is 4.86. The van der Waals surface area contributed by atoms with E-state index in [2.05, 4.69) is 6.92 Å². The summed E-state index contributed by atoms with van der Waals surface area (Å²) in [6.45, 7) is 6.04. The van der Waals surface area contributed by atoms with Crippen LogP contribution in [0.15, 0.2) is 11.0 Å².